The van der Waals surface area contributed by atoms with Crippen LogP contribution in [0.1, 0.15) is 32.2 Å². The number of benzene rings is 1. The van der Waals surface area contributed by atoms with Gasteiger partial charge < -0.3 is 14.2 Å². The first-order valence-electron chi connectivity index (χ1n) is 10.3. The van der Waals surface area contributed by atoms with Gasteiger partial charge in [-0.25, -0.2) is 14.5 Å². The molecule has 0 radical (unpaired) electrons. The smallest absolute Gasteiger partial charge is 0.459 e. The predicted molar refractivity (Wildman–Crippen MR) is 123 cm³/mol. The van der Waals surface area contributed by atoms with Crippen molar-refractivity contribution < 1.29 is 23.5 Å². The highest BCUT2D eigenvalue weighted by atomic mass is 35.5. The Morgan fingerprint density at radius 1 is 1.30 bits per heavy atom. The second-order valence-electron chi connectivity index (χ2n) is 7.83. The largest absolute Gasteiger partial charge is 0.480 e. The first kappa shape index (κ1) is 23.9. The number of carboxylic acid groups (broad SMARTS) is 1. The van der Waals surface area contributed by atoms with Crippen LogP contribution in [-0.2, 0) is 13.9 Å². The summed E-state index contributed by atoms with van der Waals surface area (Å²) < 4.78 is 26.5. The summed E-state index contributed by atoms with van der Waals surface area (Å²) in [4.78, 5) is 23.8. The van der Waals surface area contributed by atoms with Crippen molar-refractivity contribution in [2.24, 2.45) is 5.92 Å². The lowest BCUT2D eigenvalue weighted by atomic mass is 10.1. The first-order chi connectivity index (χ1) is 15.7. The number of imidazole rings is 1. The van der Waals surface area contributed by atoms with E-state index in [1.54, 1.807) is 36.7 Å². The number of carboxylic acids is 1. The number of nitrogens with zero attached hydrogens (tertiary/aromatic N) is 4. The minimum atomic E-state index is -3.94. The molecular weight excluding hydrogens is 492 g/mol. The van der Waals surface area contributed by atoms with E-state index in [-0.39, 0.29) is 29.0 Å². The van der Waals surface area contributed by atoms with Gasteiger partial charge in [0.2, 0.25) is 5.28 Å². The molecular formula is C20H22Cl2N5O5P. The van der Waals surface area contributed by atoms with E-state index in [9.17, 15) is 14.5 Å². The number of halogens is 2. The Kier molecular flexibility index (Phi) is 7.21. The predicted octanol–water partition coefficient (Wildman–Crippen LogP) is 4.74. The van der Waals surface area contributed by atoms with Gasteiger partial charge in [0.15, 0.2) is 10.8 Å². The van der Waals surface area contributed by atoms with E-state index < -0.39 is 19.8 Å². The number of aliphatic carboxylic acids is 1. The third kappa shape index (κ3) is 5.65. The number of hydrogen-bond acceptors (Lipinski definition) is 7. The molecule has 2 N–H and O–H groups in total. The summed E-state index contributed by atoms with van der Waals surface area (Å²) in [5.41, 5.74) is 1.04. The number of aromatic nitrogens is 4. The minimum Gasteiger partial charge on any atom is -0.480 e. The molecule has 1 saturated carbocycles. The van der Waals surface area contributed by atoms with E-state index in [2.05, 4.69) is 20.0 Å². The molecule has 4 rings (SSSR count). The van der Waals surface area contributed by atoms with Crippen molar-refractivity contribution in [3.63, 3.8) is 0 Å². The number of para-hydroxylation sites is 1. The molecule has 176 valence electrons. The number of rotatable bonds is 9. The average Bonchev–Trinajstić information content (AvgIpc) is 3.40. The maximum Gasteiger partial charge on any atom is 0.459 e. The van der Waals surface area contributed by atoms with Crippen LogP contribution in [0.2, 0.25) is 10.4 Å². The van der Waals surface area contributed by atoms with Gasteiger partial charge >= 0.3 is 13.7 Å². The van der Waals surface area contributed by atoms with Crippen LogP contribution in [0.4, 0.5) is 0 Å². The molecule has 4 atom stereocenters. The second-order valence-corrected chi connectivity index (χ2v) is 10.2. The van der Waals surface area contributed by atoms with Gasteiger partial charge in [-0.1, -0.05) is 29.8 Å². The van der Waals surface area contributed by atoms with Crippen LogP contribution >= 0.6 is 30.9 Å². The zero-order chi connectivity index (χ0) is 23.6. The summed E-state index contributed by atoms with van der Waals surface area (Å²) >= 11 is 12.1. The molecule has 1 aliphatic rings. The lowest BCUT2D eigenvalue weighted by Crippen LogP contribution is -2.33. The molecule has 2 aromatic heterocycles. The van der Waals surface area contributed by atoms with Crippen LogP contribution in [0.15, 0.2) is 36.7 Å². The number of carbonyl (C=O) groups is 1. The fourth-order valence-electron chi connectivity index (χ4n) is 3.78. The van der Waals surface area contributed by atoms with Crippen molar-refractivity contribution >= 4 is 48.1 Å². The zero-order valence-electron chi connectivity index (χ0n) is 17.6. The van der Waals surface area contributed by atoms with Gasteiger partial charge in [-0.15, -0.1) is 0 Å². The number of fused-ring (bicyclic) bond motifs is 1. The summed E-state index contributed by atoms with van der Waals surface area (Å²) in [6.45, 7) is 1.50. The van der Waals surface area contributed by atoms with Gasteiger partial charge in [0.1, 0.15) is 17.3 Å². The molecule has 10 nitrogen and oxygen atoms in total. The van der Waals surface area contributed by atoms with E-state index in [4.69, 9.17) is 32.2 Å². The van der Waals surface area contributed by atoms with E-state index in [0.29, 0.717) is 23.3 Å². The molecule has 33 heavy (non-hydrogen) atoms. The fraction of sp³-hybridized carbons (Fsp3) is 0.400. The third-order valence-corrected chi connectivity index (χ3v) is 7.51. The SMILES string of the molecule is CC(NP(=O)(OC[C@@H]1CC[C@H](n2cnc3c(Cl)nc(Cl)nc32)C1)Oc1ccccc1)C(=O)O. The van der Waals surface area contributed by atoms with Crippen LogP contribution < -0.4 is 9.61 Å². The topological polar surface area (TPSA) is 128 Å². The maximum absolute atomic E-state index is 13.3. The third-order valence-electron chi connectivity index (χ3n) is 5.43. The van der Waals surface area contributed by atoms with Crippen LogP contribution in [0.3, 0.4) is 0 Å². The van der Waals surface area contributed by atoms with Gasteiger partial charge in [-0.05, 0) is 55.8 Å². The summed E-state index contributed by atoms with van der Waals surface area (Å²) in [6.07, 6.45) is 4.00. The number of nitrogens with one attached hydrogen (secondary N) is 1. The Bertz CT molecular complexity index is 1190. The molecule has 0 bridgehead atoms. The molecule has 2 heterocycles. The van der Waals surface area contributed by atoms with Gasteiger partial charge in [-0.2, -0.15) is 10.1 Å². The van der Waals surface area contributed by atoms with Crippen molar-refractivity contribution in [3.8, 4) is 5.75 Å². The maximum atomic E-state index is 13.3. The normalized spacial score (nSPS) is 21.1. The molecule has 2 unspecified atom stereocenters. The highest BCUT2D eigenvalue weighted by Crippen LogP contribution is 2.47. The second kappa shape index (κ2) is 9.95. The summed E-state index contributed by atoms with van der Waals surface area (Å²) in [6, 6.07) is 7.43. The molecule has 1 aliphatic carbocycles. The van der Waals surface area contributed by atoms with Crippen LogP contribution in [-0.4, -0.2) is 43.2 Å². The Labute approximate surface area is 199 Å². The lowest BCUT2D eigenvalue weighted by molar-refractivity contribution is -0.138. The zero-order valence-corrected chi connectivity index (χ0v) is 20.0. The molecule has 13 heteroatoms. The molecule has 1 fully saturated rings. The lowest BCUT2D eigenvalue weighted by Gasteiger charge is -2.23. The Balaban J connectivity index is 1.44. The summed E-state index contributed by atoms with van der Waals surface area (Å²) in [5.74, 6) is -0.786. The van der Waals surface area contributed by atoms with Gasteiger partial charge in [0.05, 0.1) is 12.9 Å². The molecule has 0 saturated heterocycles. The quantitative estimate of drug-likeness (QED) is 0.236. The monoisotopic (exact) mass is 513 g/mol. The molecule has 0 aliphatic heterocycles. The molecule has 1 aromatic carbocycles. The van der Waals surface area contributed by atoms with Gasteiger partial charge in [-0.3, -0.25) is 9.32 Å². The average molecular weight is 514 g/mol. The molecule has 3 aromatic rings. The molecule has 0 amide bonds. The van der Waals surface area contributed by atoms with Gasteiger partial charge in [0, 0.05) is 6.04 Å². The highest BCUT2D eigenvalue weighted by molar-refractivity contribution is 7.52. The summed E-state index contributed by atoms with van der Waals surface area (Å²) in [7, 11) is -3.94. The van der Waals surface area contributed by atoms with E-state index in [1.165, 1.54) is 6.92 Å². The number of hydrogen-bond donors (Lipinski definition) is 2. The first-order valence-corrected chi connectivity index (χ1v) is 12.6. The van der Waals surface area contributed by atoms with Crippen molar-refractivity contribution in [1.82, 2.24) is 24.6 Å². The minimum absolute atomic E-state index is 0.0461. The van der Waals surface area contributed by atoms with Crippen molar-refractivity contribution in [2.45, 2.75) is 38.3 Å². The van der Waals surface area contributed by atoms with Crippen molar-refractivity contribution in [3.05, 3.63) is 47.1 Å². The van der Waals surface area contributed by atoms with Crippen LogP contribution in [0.5, 0.6) is 5.75 Å². The molecule has 0 spiro atoms. The van der Waals surface area contributed by atoms with E-state index in [1.807, 2.05) is 4.57 Å². The highest BCUT2D eigenvalue weighted by Gasteiger charge is 2.35. The Morgan fingerprint density at radius 2 is 2.06 bits per heavy atom. The van der Waals surface area contributed by atoms with Crippen LogP contribution in [0, 0.1) is 5.92 Å². The Hall–Kier alpha value is -2.23. The van der Waals surface area contributed by atoms with Crippen molar-refractivity contribution in [2.75, 3.05) is 6.61 Å². The van der Waals surface area contributed by atoms with E-state index in [0.717, 1.165) is 12.8 Å². The van der Waals surface area contributed by atoms with Gasteiger partial charge in [0.25, 0.3) is 0 Å². The van der Waals surface area contributed by atoms with E-state index >= 15 is 0 Å². The standard InChI is InChI=1S/C20H22Cl2N5O5P/c1-12(19(28)29)26-33(30,32-15-5-3-2-4-6-15)31-10-13-7-8-14(9-13)27-11-23-16-17(21)24-20(22)25-18(16)27/h2-6,11-14H,7-10H2,1H3,(H,26,30)(H,28,29)/t12?,13-,14+,33?/m1/s1. The Morgan fingerprint density at radius 3 is 2.79 bits per heavy atom. The fourth-order valence-corrected chi connectivity index (χ4v) is 5.78. The summed E-state index contributed by atoms with van der Waals surface area (Å²) in [5, 5.41) is 12.0. The van der Waals surface area contributed by atoms with Crippen LogP contribution in [0.25, 0.3) is 11.2 Å². The van der Waals surface area contributed by atoms with Crippen molar-refractivity contribution in [1.29, 1.82) is 0 Å².